The Kier molecular flexibility index (Phi) is 59.1. The van der Waals surface area contributed by atoms with E-state index in [-0.39, 0.29) is 0 Å². The van der Waals surface area contributed by atoms with Crippen LogP contribution in [-0.2, 0) is 52.1 Å². The summed E-state index contributed by atoms with van der Waals surface area (Å²) in [7, 11) is 0. The largest absolute Gasteiger partial charge is 0.379 e. The van der Waals surface area contributed by atoms with E-state index in [1.807, 2.05) is 0 Å². The van der Waals surface area contributed by atoms with Gasteiger partial charge >= 0.3 is 0 Å². The summed E-state index contributed by atoms with van der Waals surface area (Å²) < 4.78 is 61.4. The first-order chi connectivity index (χ1) is 30.4. The first-order valence-corrected chi connectivity index (χ1v) is 25.8. The average molecular weight is 879 g/mol. The first kappa shape index (κ1) is 60.6. The van der Waals surface area contributed by atoms with Crippen LogP contribution in [0.1, 0.15) is 181 Å². The standard InChI is InChI=1S/C50H102O11/c1-3-5-7-9-11-13-15-17-19-21-23-25-27-29-51-31-33-53-35-37-55-39-41-57-43-45-59-47-49-61-50-48-60-46-44-58-42-40-56-38-36-54-34-32-52-30-28-26-24-22-20-18-16-14-12-10-8-6-4-2/h3-50H2,1-2H3. The molecule has 0 N–H and O–H groups in total. The zero-order valence-corrected chi connectivity index (χ0v) is 40.4. The van der Waals surface area contributed by atoms with Gasteiger partial charge in [-0.2, -0.15) is 0 Å². The number of hydrogen-bond donors (Lipinski definition) is 0. The number of unbranched alkanes of at least 4 members (excludes halogenated alkanes) is 24. The minimum absolute atomic E-state index is 0.529. The van der Waals surface area contributed by atoms with Crippen LogP contribution < -0.4 is 0 Å². The van der Waals surface area contributed by atoms with Crippen molar-refractivity contribution in [1.29, 1.82) is 0 Å². The third-order valence-electron chi connectivity index (χ3n) is 10.5. The zero-order valence-electron chi connectivity index (χ0n) is 40.4. The summed E-state index contributed by atoms with van der Waals surface area (Å²) in [6, 6.07) is 0. The Labute approximate surface area is 377 Å². The molecule has 0 saturated carbocycles. The van der Waals surface area contributed by atoms with Crippen molar-refractivity contribution in [2.24, 2.45) is 0 Å². The topological polar surface area (TPSA) is 102 Å². The first-order valence-electron chi connectivity index (χ1n) is 25.8. The van der Waals surface area contributed by atoms with Crippen LogP contribution in [0.2, 0.25) is 0 Å². The fraction of sp³-hybridized carbons (Fsp3) is 1.00. The maximum Gasteiger partial charge on any atom is 0.0701 e. The monoisotopic (exact) mass is 879 g/mol. The van der Waals surface area contributed by atoms with Crippen LogP contribution in [0, 0.1) is 0 Å². The van der Waals surface area contributed by atoms with Crippen LogP contribution in [0.15, 0.2) is 0 Å². The molecule has 0 aliphatic heterocycles. The molecule has 368 valence electrons. The van der Waals surface area contributed by atoms with Crippen molar-refractivity contribution in [3.8, 4) is 0 Å². The van der Waals surface area contributed by atoms with Crippen molar-refractivity contribution in [3.05, 3.63) is 0 Å². The van der Waals surface area contributed by atoms with Gasteiger partial charge < -0.3 is 52.1 Å². The molecule has 0 heterocycles. The van der Waals surface area contributed by atoms with Gasteiger partial charge in [0.25, 0.3) is 0 Å². The molecule has 11 nitrogen and oxygen atoms in total. The summed E-state index contributed by atoms with van der Waals surface area (Å²) in [5, 5.41) is 0. The SMILES string of the molecule is CCCCCCCCCCCCCCCOCCOCCOCCOCCOCCOCCOCCOCCOCCOCCOCCCCCCCCCCCCCCC. The highest BCUT2D eigenvalue weighted by Crippen LogP contribution is 2.14. The Morgan fingerprint density at radius 1 is 0.131 bits per heavy atom. The van der Waals surface area contributed by atoms with Gasteiger partial charge in [0.1, 0.15) is 0 Å². The highest BCUT2D eigenvalue weighted by Gasteiger charge is 1.99. The normalized spacial score (nSPS) is 11.7. The van der Waals surface area contributed by atoms with Gasteiger partial charge in [-0.25, -0.2) is 0 Å². The molecule has 61 heavy (non-hydrogen) atoms. The second kappa shape index (κ2) is 59.6. The van der Waals surface area contributed by atoms with E-state index in [1.54, 1.807) is 0 Å². The van der Waals surface area contributed by atoms with Crippen molar-refractivity contribution in [2.45, 2.75) is 181 Å². The lowest BCUT2D eigenvalue weighted by atomic mass is 10.0. The second-order valence-corrected chi connectivity index (χ2v) is 16.2. The molecule has 0 saturated heterocycles. The molecule has 0 aromatic heterocycles. The summed E-state index contributed by atoms with van der Waals surface area (Å²) in [5.41, 5.74) is 0. The maximum absolute atomic E-state index is 5.69. The van der Waals surface area contributed by atoms with E-state index in [9.17, 15) is 0 Å². The van der Waals surface area contributed by atoms with E-state index in [1.165, 1.54) is 154 Å². The highest BCUT2D eigenvalue weighted by atomic mass is 16.6. The fourth-order valence-corrected chi connectivity index (χ4v) is 6.74. The molecule has 0 spiro atoms. The van der Waals surface area contributed by atoms with E-state index in [0.29, 0.717) is 132 Å². The molecular weight excluding hydrogens is 777 g/mol. The molecule has 0 atom stereocenters. The van der Waals surface area contributed by atoms with Crippen LogP contribution in [0.3, 0.4) is 0 Å². The van der Waals surface area contributed by atoms with E-state index >= 15 is 0 Å². The highest BCUT2D eigenvalue weighted by molar-refractivity contribution is 4.51. The third kappa shape index (κ3) is 59.6. The van der Waals surface area contributed by atoms with Gasteiger partial charge in [-0.1, -0.05) is 168 Å². The lowest BCUT2D eigenvalue weighted by Crippen LogP contribution is -2.15. The van der Waals surface area contributed by atoms with Gasteiger partial charge in [-0.3, -0.25) is 0 Å². The summed E-state index contributed by atoms with van der Waals surface area (Å²) in [6.07, 6.45) is 35.6. The predicted octanol–water partition coefficient (Wildman–Crippen LogP) is 11.4. The minimum Gasteiger partial charge on any atom is -0.379 e. The Bertz CT molecular complexity index is 678. The number of hydrogen-bond acceptors (Lipinski definition) is 11. The average Bonchev–Trinajstić information content (AvgIpc) is 3.27. The smallest absolute Gasteiger partial charge is 0.0701 e. The molecule has 0 aromatic rings. The van der Waals surface area contributed by atoms with Crippen molar-refractivity contribution in [2.75, 3.05) is 145 Å². The van der Waals surface area contributed by atoms with Gasteiger partial charge in [-0.15, -0.1) is 0 Å². The van der Waals surface area contributed by atoms with Crippen LogP contribution in [0.5, 0.6) is 0 Å². The quantitative estimate of drug-likeness (QED) is 0.0546. The van der Waals surface area contributed by atoms with Crippen LogP contribution in [0.4, 0.5) is 0 Å². The van der Waals surface area contributed by atoms with E-state index < -0.39 is 0 Å². The molecule has 0 radical (unpaired) electrons. The molecule has 11 heteroatoms. The van der Waals surface area contributed by atoms with Gasteiger partial charge in [0.15, 0.2) is 0 Å². The van der Waals surface area contributed by atoms with Crippen molar-refractivity contribution in [1.82, 2.24) is 0 Å². The number of rotatable bonds is 58. The fourth-order valence-electron chi connectivity index (χ4n) is 6.74. The molecule has 0 rings (SSSR count). The van der Waals surface area contributed by atoms with E-state index in [0.717, 1.165) is 26.1 Å². The summed E-state index contributed by atoms with van der Waals surface area (Å²) in [6.45, 7) is 17.5. The van der Waals surface area contributed by atoms with Gasteiger partial charge in [0.05, 0.1) is 132 Å². The molecule has 0 unspecified atom stereocenters. The molecule has 0 bridgehead atoms. The Morgan fingerprint density at radius 3 is 0.393 bits per heavy atom. The molecular formula is C50H102O11. The lowest BCUT2D eigenvalue weighted by molar-refractivity contribution is -0.0275. The second-order valence-electron chi connectivity index (χ2n) is 16.2. The van der Waals surface area contributed by atoms with Crippen molar-refractivity contribution < 1.29 is 52.1 Å². The maximum atomic E-state index is 5.69. The van der Waals surface area contributed by atoms with E-state index in [4.69, 9.17) is 52.1 Å². The summed E-state index contributed by atoms with van der Waals surface area (Å²) in [4.78, 5) is 0. The van der Waals surface area contributed by atoms with Crippen LogP contribution in [-0.4, -0.2) is 145 Å². The van der Waals surface area contributed by atoms with Gasteiger partial charge in [-0.05, 0) is 12.8 Å². The molecule has 0 aromatic carbocycles. The summed E-state index contributed by atoms with van der Waals surface area (Å²) >= 11 is 0. The van der Waals surface area contributed by atoms with E-state index in [2.05, 4.69) is 13.8 Å². The lowest BCUT2D eigenvalue weighted by Gasteiger charge is -2.09. The van der Waals surface area contributed by atoms with Crippen LogP contribution in [0.25, 0.3) is 0 Å². The molecule has 0 aliphatic rings. The number of ether oxygens (including phenoxy) is 11. The molecule has 0 amide bonds. The van der Waals surface area contributed by atoms with Crippen LogP contribution >= 0.6 is 0 Å². The molecule has 0 aliphatic carbocycles. The molecule has 0 fully saturated rings. The van der Waals surface area contributed by atoms with Crippen molar-refractivity contribution in [3.63, 3.8) is 0 Å². The predicted molar refractivity (Wildman–Crippen MR) is 250 cm³/mol. The van der Waals surface area contributed by atoms with Crippen molar-refractivity contribution >= 4 is 0 Å². The Hall–Kier alpha value is -0.440. The Morgan fingerprint density at radius 2 is 0.246 bits per heavy atom. The summed E-state index contributed by atoms with van der Waals surface area (Å²) in [5.74, 6) is 0. The zero-order chi connectivity index (χ0) is 43.7. The Balaban J connectivity index is 3.06. The third-order valence-corrected chi connectivity index (χ3v) is 10.5. The minimum atomic E-state index is 0.529. The van der Waals surface area contributed by atoms with Gasteiger partial charge in [0, 0.05) is 13.2 Å². The van der Waals surface area contributed by atoms with Gasteiger partial charge in [0.2, 0.25) is 0 Å².